The predicted octanol–water partition coefficient (Wildman–Crippen LogP) is 0.864. The summed E-state index contributed by atoms with van der Waals surface area (Å²) in [4.78, 5) is 34.8. The van der Waals surface area contributed by atoms with Crippen LogP contribution in [0.15, 0.2) is 24.3 Å². The van der Waals surface area contributed by atoms with Gasteiger partial charge in [0, 0.05) is 24.7 Å². The summed E-state index contributed by atoms with van der Waals surface area (Å²) in [6.45, 7) is 6.26. The van der Waals surface area contributed by atoms with E-state index in [0.29, 0.717) is 17.2 Å². The van der Waals surface area contributed by atoms with E-state index < -0.39 is 5.91 Å². The van der Waals surface area contributed by atoms with Crippen molar-refractivity contribution in [2.24, 2.45) is 11.7 Å². The number of rotatable bonds is 9. The van der Waals surface area contributed by atoms with Crippen molar-refractivity contribution in [2.45, 2.75) is 33.2 Å². The largest absolute Gasteiger partial charge is 0.376 e. The monoisotopic (exact) mass is 334 g/mol. The molecule has 1 unspecified atom stereocenters. The Bertz CT molecular complexity index is 587. The first-order valence-corrected chi connectivity index (χ1v) is 8.00. The van der Waals surface area contributed by atoms with Crippen molar-refractivity contribution >= 4 is 23.4 Å². The highest BCUT2D eigenvalue weighted by Crippen LogP contribution is 2.14. The molecule has 1 rings (SSSR count). The van der Waals surface area contributed by atoms with E-state index in [0.717, 1.165) is 0 Å². The molecule has 132 valence electrons. The van der Waals surface area contributed by atoms with E-state index in [-0.39, 0.29) is 37.4 Å². The van der Waals surface area contributed by atoms with Gasteiger partial charge in [0.2, 0.25) is 11.8 Å². The fraction of sp³-hybridized carbons (Fsp3) is 0.471. The molecule has 1 aromatic carbocycles. The van der Waals surface area contributed by atoms with E-state index >= 15 is 0 Å². The summed E-state index contributed by atoms with van der Waals surface area (Å²) >= 11 is 0. The number of para-hydroxylation sites is 1. The van der Waals surface area contributed by atoms with E-state index in [1.54, 1.807) is 24.3 Å². The third-order valence-electron chi connectivity index (χ3n) is 3.66. The molecule has 24 heavy (non-hydrogen) atoms. The third kappa shape index (κ3) is 6.68. The fourth-order valence-electron chi connectivity index (χ4n) is 1.88. The molecule has 7 nitrogen and oxygen atoms in total. The molecule has 0 heterocycles. The Morgan fingerprint density at radius 1 is 1.12 bits per heavy atom. The van der Waals surface area contributed by atoms with Crippen molar-refractivity contribution in [3.8, 4) is 0 Å². The summed E-state index contributed by atoms with van der Waals surface area (Å²) in [6, 6.07) is 6.96. The number of primary amides is 1. The standard InChI is InChI=1S/C17H26N4O3/c1-11(2)12(3)21-16(23)10-20-14-7-5-4-6-13(14)17(24)19-9-8-15(18)22/h4-7,11-12,20H,8-10H2,1-3H3,(H2,18,22)(H,19,24)(H,21,23). The van der Waals surface area contributed by atoms with E-state index in [1.807, 2.05) is 20.8 Å². The van der Waals surface area contributed by atoms with E-state index in [2.05, 4.69) is 16.0 Å². The molecule has 1 aromatic rings. The Labute approximate surface area is 142 Å². The third-order valence-corrected chi connectivity index (χ3v) is 3.66. The molecule has 0 saturated heterocycles. The fourth-order valence-corrected chi connectivity index (χ4v) is 1.88. The second kappa shape index (κ2) is 9.54. The molecule has 0 aliphatic carbocycles. The van der Waals surface area contributed by atoms with E-state index in [9.17, 15) is 14.4 Å². The molecule has 0 spiro atoms. The van der Waals surface area contributed by atoms with Gasteiger partial charge in [0.25, 0.3) is 5.91 Å². The van der Waals surface area contributed by atoms with Crippen LogP contribution in [0.1, 0.15) is 37.6 Å². The normalized spacial score (nSPS) is 11.7. The summed E-state index contributed by atoms with van der Waals surface area (Å²) in [5.74, 6) is -0.592. The molecule has 0 aromatic heterocycles. The van der Waals surface area contributed by atoms with Crippen LogP contribution < -0.4 is 21.7 Å². The second-order valence-electron chi connectivity index (χ2n) is 5.97. The molecule has 0 bridgehead atoms. The van der Waals surface area contributed by atoms with E-state index in [1.165, 1.54) is 0 Å². The number of nitrogens with one attached hydrogen (secondary N) is 3. The van der Waals surface area contributed by atoms with Gasteiger partial charge in [-0.3, -0.25) is 14.4 Å². The summed E-state index contributed by atoms with van der Waals surface area (Å²) in [5, 5.41) is 8.49. The van der Waals surface area contributed by atoms with Crippen LogP contribution in [-0.2, 0) is 9.59 Å². The van der Waals surface area contributed by atoms with Crippen molar-refractivity contribution < 1.29 is 14.4 Å². The summed E-state index contributed by atoms with van der Waals surface area (Å²) in [6.07, 6.45) is 0.0802. The van der Waals surface area contributed by atoms with Crippen LogP contribution >= 0.6 is 0 Å². The Morgan fingerprint density at radius 2 is 1.79 bits per heavy atom. The number of amides is 3. The lowest BCUT2D eigenvalue weighted by Gasteiger charge is -2.18. The summed E-state index contributed by atoms with van der Waals surface area (Å²) in [5.41, 5.74) is 6.01. The van der Waals surface area contributed by atoms with Gasteiger partial charge in [0.15, 0.2) is 0 Å². The highest BCUT2D eigenvalue weighted by Gasteiger charge is 2.13. The zero-order valence-electron chi connectivity index (χ0n) is 14.4. The van der Waals surface area contributed by atoms with Gasteiger partial charge < -0.3 is 21.7 Å². The highest BCUT2D eigenvalue weighted by molar-refractivity contribution is 6.00. The van der Waals surface area contributed by atoms with Gasteiger partial charge in [-0.2, -0.15) is 0 Å². The van der Waals surface area contributed by atoms with Crippen LogP contribution in [0.3, 0.4) is 0 Å². The van der Waals surface area contributed by atoms with Crippen molar-refractivity contribution in [1.82, 2.24) is 10.6 Å². The Hall–Kier alpha value is -2.57. The molecule has 0 aliphatic heterocycles. The minimum atomic E-state index is -0.474. The van der Waals surface area contributed by atoms with Crippen LogP contribution in [0, 0.1) is 5.92 Å². The number of anilines is 1. The molecule has 5 N–H and O–H groups in total. The molecule has 0 fully saturated rings. The molecule has 7 heteroatoms. The first-order chi connectivity index (χ1) is 11.3. The Kier molecular flexibility index (Phi) is 7.74. The molecule has 0 radical (unpaired) electrons. The molecule has 0 saturated carbocycles. The minimum absolute atomic E-state index is 0.0721. The Morgan fingerprint density at radius 3 is 2.42 bits per heavy atom. The number of benzene rings is 1. The molecular formula is C17H26N4O3. The van der Waals surface area contributed by atoms with Crippen molar-refractivity contribution in [3.63, 3.8) is 0 Å². The lowest BCUT2D eigenvalue weighted by Crippen LogP contribution is -2.39. The highest BCUT2D eigenvalue weighted by atomic mass is 16.2. The quantitative estimate of drug-likeness (QED) is 0.536. The number of nitrogens with two attached hydrogens (primary N) is 1. The zero-order valence-corrected chi connectivity index (χ0v) is 14.4. The average Bonchev–Trinajstić information content (AvgIpc) is 2.52. The van der Waals surface area contributed by atoms with Gasteiger partial charge in [-0.1, -0.05) is 26.0 Å². The second-order valence-corrected chi connectivity index (χ2v) is 5.97. The van der Waals surface area contributed by atoms with Gasteiger partial charge in [-0.15, -0.1) is 0 Å². The average molecular weight is 334 g/mol. The number of carbonyl (C=O) groups excluding carboxylic acids is 3. The molecule has 1 atom stereocenters. The van der Waals surface area contributed by atoms with Crippen LogP contribution in [0.2, 0.25) is 0 Å². The van der Waals surface area contributed by atoms with Crippen LogP contribution in [-0.4, -0.2) is 36.9 Å². The molecular weight excluding hydrogens is 308 g/mol. The minimum Gasteiger partial charge on any atom is -0.376 e. The lowest BCUT2D eigenvalue weighted by atomic mass is 10.1. The molecule has 3 amide bonds. The van der Waals surface area contributed by atoms with Gasteiger partial charge in [0.05, 0.1) is 12.1 Å². The maximum Gasteiger partial charge on any atom is 0.253 e. The number of carbonyl (C=O) groups is 3. The van der Waals surface area contributed by atoms with Crippen LogP contribution in [0.5, 0.6) is 0 Å². The molecule has 0 aliphatic rings. The lowest BCUT2D eigenvalue weighted by molar-refractivity contribution is -0.120. The van der Waals surface area contributed by atoms with Crippen molar-refractivity contribution in [3.05, 3.63) is 29.8 Å². The first-order valence-electron chi connectivity index (χ1n) is 8.00. The van der Waals surface area contributed by atoms with Gasteiger partial charge in [-0.25, -0.2) is 0 Å². The summed E-state index contributed by atoms with van der Waals surface area (Å²) in [7, 11) is 0. The predicted molar refractivity (Wildman–Crippen MR) is 93.5 cm³/mol. The van der Waals surface area contributed by atoms with Gasteiger partial charge >= 0.3 is 0 Å². The van der Waals surface area contributed by atoms with Crippen LogP contribution in [0.4, 0.5) is 5.69 Å². The summed E-state index contributed by atoms with van der Waals surface area (Å²) < 4.78 is 0. The maximum absolute atomic E-state index is 12.2. The van der Waals surface area contributed by atoms with Crippen molar-refractivity contribution in [2.75, 3.05) is 18.4 Å². The smallest absolute Gasteiger partial charge is 0.253 e. The van der Waals surface area contributed by atoms with E-state index in [4.69, 9.17) is 5.73 Å². The van der Waals surface area contributed by atoms with Gasteiger partial charge in [0.1, 0.15) is 0 Å². The zero-order chi connectivity index (χ0) is 18.1. The van der Waals surface area contributed by atoms with Crippen molar-refractivity contribution in [1.29, 1.82) is 0 Å². The SMILES string of the molecule is CC(C)C(C)NC(=O)CNc1ccccc1C(=O)NCCC(N)=O. The maximum atomic E-state index is 12.2. The number of hydrogen-bond donors (Lipinski definition) is 4. The first kappa shape index (κ1) is 19.5. The topological polar surface area (TPSA) is 113 Å². The van der Waals surface area contributed by atoms with Crippen LogP contribution in [0.25, 0.3) is 0 Å². The Balaban J connectivity index is 2.61. The number of hydrogen-bond acceptors (Lipinski definition) is 4. The van der Waals surface area contributed by atoms with Gasteiger partial charge in [-0.05, 0) is 25.0 Å².